The van der Waals surface area contributed by atoms with Gasteiger partial charge in [0.1, 0.15) is 11.5 Å². The Hall–Kier alpha value is -0.444. The van der Waals surface area contributed by atoms with Crippen molar-refractivity contribution in [2.45, 2.75) is 13.8 Å². The molecule has 0 radical (unpaired) electrons. The van der Waals surface area contributed by atoms with Crippen molar-refractivity contribution in [3.05, 3.63) is 23.7 Å². The van der Waals surface area contributed by atoms with Crippen LogP contribution in [0.4, 0.5) is 0 Å². The SMILES string of the molecule is CC1=CC(=O)NS(=O)(=O)O1.CC1=CC(=O)NS(=O)(=O)O1.[H-].[K+]. The number of hydrogen-bond acceptors (Lipinski definition) is 8. The number of allylic oxidation sites excluding steroid dienone is 2. The second-order valence-corrected chi connectivity index (χ2v) is 6.08. The van der Waals surface area contributed by atoms with Crippen LogP contribution in [0.1, 0.15) is 15.3 Å². The molecule has 2 N–H and O–H groups in total. The van der Waals surface area contributed by atoms with Gasteiger partial charge in [-0.15, -0.1) is 0 Å². The molecule has 0 aromatic carbocycles. The van der Waals surface area contributed by atoms with E-state index in [9.17, 15) is 26.4 Å². The molecule has 2 heterocycles. The van der Waals surface area contributed by atoms with Gasteiger partial charge in [0.15, 0.2) is 0 Å². The molecule has 0 aromatic heterocycles. The van der Waals surface area contributed by atoms with Crippen molar-refractivity contribution in [2.24, 2.45) is 0 Å². The number of nitrogens with one attached hydrogen (secondary N) is 2. The zero-order valence-electron chi connectivity index (χ0n) is 12.2. The van der Waals surface area contributed by atoms with E-state index in [0.717, 1.165) is 12.2 Å². The van der Waals surface area contributed by atoms with Gasteiger partial charge >= 0.3 is 72.0 Å². The molecule has 10 nitrogen and oxygen atoms in total. The molecule has 0 spiro atoms. The largest absolute Gasteiger partial charge is 1.00 e. The first-order valence-corrected chi connectivity index (χ1v) is 7.70. The summed E-state index contributed by atoms with van der Waals surface area (Å²) in [7, 11) is -7.70. The van der Waals surface area contributed by atoms with Crippen LogP contribution in [0.3, 0.4) is 0 Å². The van der Waals surface area contributed by atoms with E-state index in [1.54, 1.807) is 9.44 Å². The predicted octanol–water partition coefficient (Wildman–Crippen LogP) is -4.32. The van der Waals surface area contributed by atoms with Crippen LogP contribution < -0.4 is 60.8 Å². The average Bonchev–Trinajstić information content (AvgIpc) is 2.08. The quantitative estimate of drug-likeness (QED) is 0.409. The van der Waals surface area contributed by atoms with Gasteiger partial charge in [0.05, 0.1) is 0 Å². The minimum absolute atomic E-state index is 0. The van der Waals surface area contributed by atoms with E-state index in [2.05, 4.69) is 8.37 Å². The number of amides is 2. The molecule has 2 aliphatic rings. The normalized spacial score (nSPS) is 21.4. The number of carbonyl (C=O) groups is 2. The molecule has 2 rings (SSSR count). The van der Waals surface area contributed by atoms with Crippen LogP contribution in [0.25, 0.3) is 0 Å². The average molecular weight is 366 g/mol. The Labute approximate surface area is 165 Å². The standard InChI is InChI=1S/2C4H5NO4S.K.H/c2*1-3-2-4(6)5-10(7,8)9-3;;/h2*2H,1H3,(H,5,6);;/q;;+1;-1. The summed E-state index contributed by atoms with van der Waals surface area (Å²) in [6.45, 7) is 2.77. The van der Waals surface area contributed by atoms with Crippen LogP contribution in [0.5, 0.6) is 0 Å². The molecule has 114 valence electrons. The topological polar surface area (TPSA) is 145 Å². The van der Waals surface area contributed by atoms with E-state index in [1.807, 2.05) is 0 Å². The third-order valence-corrected chi connectivity index (χ3v) is 3.47. The molecule has 0 fully saturated rings. The molecule has 0 aromatic rings. The van der Waals surface area contributed by atoms with Gasteiger partial charge in [0.25, 0.3) is 11.8 Å². The van der Waals surface area contributed by atoms with Gasteiger partial charge in [-0.2, -0.15) is 16.8 Å². The summed E-state index contributed by atoms with van der Waals surface area (Å²) >= 11 is 0. The summed E-state index contributed by atoms with van der Waals surface area (Å²) in [6, 6.07) is 0. The van der Waals surface area contributed by atoms with Gasteiger partial charge in [-0.05, 0) is 13.8 Å². The van der Waals surface area contributed by atoms with E-state index >= 15 is 0 Å². The fraction of sp³-hybridized carbons (Fsp3) is 0.250. The van der Waals surface area contributed by atoms with E-state index in [-0.39, 0.29) is 64.3 Å². The van der Waals surface area contributed by atoms with Gasteiger partial charge in [0, 0.05) is 12.2 Å². The third kappa shape index (κ3) is 7.94. The van der Waals surface area contributed by atoms with Gasteiger partial charge in [-0.25, -0.2) is 9.44 Å². The van der Waals surface area contributed by atoms with Gasteiger partial charge in [-0.3, -0.25) is 9.59 Å². The van der Waals surface area contributed by atoms with Crippen LogP contribution in [0.2, 0.25) is 0 Å². The Morgan fingerprint density at radius 2 is 1.14 bits per heavy atom. The third-order valence-electron chi connectivity index (χ3n) is 1.60. The van der Waals surface area contributed by atoms with E-state index < -0.39 is 32.4 Å². The van der Waals surface area contributed by atoms with Gasteiger partial charge < -0.3 is 9.79 Å². The molecule has 0 bridgehead atoms. The molecule has 0 atom stereocenters. The maximum Gasteiger partial charge on any atom is 1.00 e. The van der Waals surface area contributed by atoms with Crippen LogP contribution >= 0.6 is 0 Å². The summed E-state index contributed by atoms with van der Waals surface area (Å²) in [5.41, 5.74) is 0. The van der Waals surface area contributed by atoms with Crippen LogP contribution in [-0.4, -0.2) is 28.6 Å². The number of hydrogen-bond donors (Lipinski definition) is 2. The van der Waals surface area contributed by atoms with Crippen molar-refractivity contribution in [1.29, 1.82) is 0 Å². The molecule has 0 saturated heterocycles. The minimum Gasteiger partial charge on any atom is -1.00 e. The molecular formula is C8H11KN2O8S2. The first-order chi connectivity index (χ1) is 8.99. The van der Waals surface area contributed by atoms with Crippen LogP contribution in [0.15, 0.2) is 23.7 Å². The Bertz CT molecular complexity index is 650. The zero-order chi connectivity index (χ0) is 15.6. The van der Waals surface area contributed by atoms with Crippen LogP contribution in [0, 0.1) is 0 Å². The van der Waals surface area contributed by atoms with E-state index in [1.165, 1.54) is 13.8 Å². The molecule has 13 heteroatoms. The molecule has 0 unspecified atom stereocenters. The van der Waals surface area contributed by atoms with Crippen molar-refractivity contribution in [3.8, 4) is 0 Å². The van der Waals surface area contributed by atoms with Crippen LogP contribution in [-0.2, 0) is 38.6 Å². The summed E-state index contributed by atoms with van der Waals surface area (Å²) in [6.07, 6.45) is 2.11. The fourth-order valence-electron chi connectivity index (χ4n) is 1.11. The Morgan fingerprint density at radius 1 is 0.857 bits per heavy atom. The second kappa shape index (κ2) is 7.71. The van der Waals surface area contributed by atoms with E-state index in [4.69, 9.17) is 0 Å². The van der Waals surface area contributed by atoms with Crippen molar-refractivity contribution in [2.75, 3.05) is 0 Å². The summed E-state index contributed by atoms with van der Waals surface area (Å²) in [5, 5.41) is 0. The van der Waals surface area contributed by atoms with Crippen molar-refractivity contribution >= 4 is 32.4 Å². The Morgan fingerprint density at radius 3 is 1.33 bits per heavy atom. The number of carbonyl (C=O) groups excluding carboxylic acids is 2. The molecular weight excluding hydrogens is 355 g/mol. The predicted molar refractivity (Wildman–Crippen MR) is 64.9 cm³/mol. The maximum atomic E-state index is 10.5. The second-order valence-electron chi connectivity index (χ2n) is 3.52. The Balaban J connectivity index is 0. The molecule has 0 aliphatic carbocycles. The molecule has 2 aliphatic heterocycles. The molecule has 2 amide bonds. The molecule has 0 saturated carbocycles. The van der Waals surface area contributed by atoms with E-state index in [0.29, 0.717) is 0 Å². The maximum absolute atomic E-state index is 10.5. The van der Waals surface area contributed by atoms with Crippen molar-refractivity contribution < 1.29 is 87.6 Å². The first kappa shape index (κ1) is 20.6. The van der Waals surface area contributed by atoms with Gasteiger partial charge in [-0.1, -0.05) is 0 Å². The molecule has 21 heavy (non-hydrogen) atoms. The van der Waals surface area contributed by atoms with Gasteiger partial charge in [0.2, 0.25) is 0 Å². The minimum atomic E-state index is -3.85. The number of rotatable bonds is 0. The summed E-state index contributed by atoms with van der Waals surface area (Å²) in [4.78, 5) is 20.9. The van der Waals surface area contributed by atoms with Crippen molar-refractivity contribution in [1.82, 2.24) is 9.44 Å². The fourth-order valence-corrected chi connectivity index (χ4v) is 2.59. The summed E-state index contributed by atoms with van der Waals surface area (Å²) in [5.74, 6) is -1.21. The Kier molecular flexibility index (Phi) is 7.55. The van der Waals surface area contributed by atoms with Crippen molar-refractivity contribution in [3.63, 3.8) is 0 Å². The monoisotopic (exact) mass is 366 g/mol. The summed E-state index contributed by atoms with van der Waals surface area (Å²) < 4.78 is 53.6. The first-order valence-electron chi connectivity index (χ1n) is 4.88. The zero-order valence-corrected chi connectivity index (χ0v) is 16.0. The smallest absolute Gasteiger partial charge is 1.00 e.